The molecule has 0 fully saturated rings. The smallest absolute Gasteiger partial charge is 0.142 e. The van der Waals surface area contributed by atoms with Crippen LogP contribution in [0.4, 0.5) is 5.69 Å². The third-order valence-electron chi connectivity index (χ3n) is 3.10. The Hall–Kier alpha value is -1.67. The van der Waals surface area contributed by atoms with Gasteiger partial charge in [0.1, 0.15) is 12.4 Å². The molecule has 0 N–H and O–H groups in total. The Labute approximate surface area is 112 Å². The lowest BCUT2D eigenvalue weighted by Crippen LogP contribution is -2.32. The summed E-state index contributed by atoms with van der Waals surface area (Å²) in [6.07, 6.45) is 0. The minimum Gasteiger partial charge on any atom is -0.490 e. The monoisotopic (exact) mass is 259 g/mol. The van der Waals surface area contributed by atoms with Crippen LogP contribution in [0.3, 0.4) is 0 Å². The first kappa shape index (κ1) is 11.4. The van der Waals surface area contributed by atoms with Crippen molar-refractivity contribution < 1.29 is 4.74 Å². The minimum atomic E-state index is 0.724. The quantitative estimate of drug-likeness (QED) is 0.815. The normalized spacial score (nSPS) is 13.9. The lowest BCUT2D eigenvalue weighted by Gasteiger charge is -2.31. The molecule has 0 atom stereocenters. The molecule has 0 aliphatic carbocycles. The van der Waals surface area contributed by atoms with E-state index in [1.54, 1.807) is 0 Å². The molecule has 0 aromatic heterocycles. The highest BCUT2D eigenvalue weighted by molar-refractivity contribution is 6.30. The molecule has 0 radical (unpaired) electrons. The predicted molar refractivity (Wildman–Crippen MR) is 74.4 cm³/mol. The predicted octanol–water partition coefficient (Wildman–Crippen LogP) is 3.74. The van der Waals surface area contributed by atoms with Gasteiger partial charge in [-0.05, 0) is 23.8 Å². The van der Waals surface area contributed by atoms with E-state index in [4.69, 9.17) is 16.3 Å². The fraction of sp³-hybridized carbons (Fsp3) is 0.200. The van der Waals surface area contributed by atoms with Crippen molar-refractivity contribution in [2.24, 2.45) is 0 Å². The number of hydrogen-bond donors (Lipinski definition) is 0. The van der Waals surface area contributed by atoms with E-state index in [2.05, 4.69) is 29.2 Å². The van der Waals surface area contributed by atoms with Gasteiger partial charge in [0, 0.05) is 11.6 Å². The summed E-state index contributed by atoms with van der Waals surface area (Å²) < 4.78 is 5.65. The van der Waals surface area contributed by atoms with Crippen LogP contribution in [0.15, 0.2) is 48.5 Å². The minimum absolute atomic E-state index is 0.724. The van der Waals surface area contributed by atoms with E-state index in [9.17, 15) is 0 Å². The molecule has 2 nitrogen and oxygen atoms in total. The van der Waals surface area contributed by atoms with Crippen LogP contribution >= 0.6 is 11.6 Å². The Morgan fingerprint density at radius 2 is 1.94 bits per heavy atom. The second kappa shape index (κ2) is 4.91. The summed E-state index contributed by atoms with van der Waals surface area (Å²) in [6, 6.07) is 16.2. The van der Waals surface area contributed by atoms with Gasteiger partial charge in [-0.15, -0.1) is 0 Å². The molecule has 1 heterocycles. The zero-order valence-corrected chi connectivity index (χ0v) is 10.7. The Kier molecular flexibility index (Phi) is 3.11. The van der Waals surface area contributed by atoms with Crippen LogP contribution in [0, 0.1) is 0 Å². The zero-order chi connectivity index (χ0) is 12.4. The lowest BCUT2D eigenvalue weighted by atomic mass is 10.1. The van der Waals surface area contributed by atoms with Gasteiger partial charge in [0.25, 0.3) is 0 Å². The second-order valence-corrected chi connectivity index (χ2v) is 4.80. The van der Waals surface area contributed by atoms with Crippen LogP contribution in [0.25, 0.3) is 0 Å². The highest BCUT2D eigenvalue weighted by atomic mass is 35.5. The molecule has 3 rings (SSSR count). The van der Waals surface area contributed by atoms with E-state index < -0.39 is 0 Å². The van der Waals surface area contributed by atoms with Crippen molar-refractivity contribution >= 4 is 17.3 Å². The van der Waals surface area contributed by atoms with Gasteiger partial charge in [-0.3, -0.25) is 0 Å². The summed E-state index contributed by atoms with van der Waals surface area (Å²) in [5.41, 5.74) is 2.38. The van der Waals surface area contributed by atoms with Gasteiger partial charge in [-0.1, -0.05) is 41.9 Å². The molecular weight excluding hydrogens is 246 g/mol. The van der Waals surface area contributed by atoms with E-state index in [-0.39, 0.29) is 0 Å². The fourth-order valence-electron chi connectivity index (χ4n) is 2.21. The van der Waals surface area contributed by atoms with Crippen molar-refractivity contribution in [3.63, 3.8) is 0 Å². The molecule has 2 aromatic carbocycles. The molecule has 3 heteroatoms. The molecule has 0 saturated heterocycles. The maximum atomic E-state index is 6.06. The zero-order valence-electron chi connectivity index (χ0n) is 9.97. The average Bonchev–Trinajstić information content (AvgIpc) is 2.41. The molecule has 18 heavy (non-hydrogen) atoms. The summed E-state index contributed by atoms with van der Waals surface area (Å²) in [6.45, 7) is 2.50. The van der Waals surface area contributed by atoms with Crippen LogP contribution in [0.5, 0.6) is 5.75 Å². The third-order valence-corrected chi connectivity index (χ3v) is 3.33. The van der Waals surface area contributed by atoms with Gasteiger partial charge in [-0.25, -0.2) is 0 Å². The van der Waals surface area contributed by atoms with Gasteiger partial charge >= 0.3 is 0 Å². The third kappa shape index (κ3) is 2.29. The lowest BCUT2D eigenvalue weighted by molar-refractivity contribution is 0.307. The number of ether oxygens (including phenoxy) is 1. The Bertz CT molecular complexity index is 541. The first-order valence-electron chi connectivity index (χ1n) is 6.04. The molecule has 0 spiro atoms. The molecule has 2 aromatic rings. The van der Waals surface area contributed by atoms with Crippen molar-refractivity contribution in [1.82, 2.24) is 0 Å². The van der Waals surface area contributed by atoms with Crippen LogP contribution in [-0.4, -0.2) is 13.2 Å². The number of halogens is 1. The van der Waals surface area contributed by atoms with Crippen molar-refractivity contribution in [3.05, 3.63) is 59.1 Å². The molecule has 0 unspecified atom stereocenters. The van der Waals surface area contributed by atoms with Crippen molar-refractivity contribution in [2.45, 2.75) is 6.54 Å². The topological polar surface area (TPSA) is 12.5 Å². The highest BCUT2D eigenvalue weighted by Crippen LogP contribution is 2.34. The molecular formula is C15H14ClNO. The second-order valence-electron chi connectivity index (χ2n) is 4.37. The number of anilines is 1. The van der Waals surface area contributed by atoms with Crippen LogP contribution in [0.1, 0.15) is 5.56 Å². The first-order valence-corrected chi connectivity index (χ1v) is 6.42. The number of rotatable bonds is 2. The number of hydrogen-bond acceptors (Lipinski definition) is 2. The average molecular weight is 260 g/mol. The van der Waals surface area contributed by atoms with Gasteiger partial charge in [0.2, 0.25) is 0 Å². The summed E-state index contributed by atoms with van der Waals surface area (Å²) >= 11 is 6.06. The summed E-state index contributed by atoms with van der Waals surface area (Å²) in [7, 11) is 0. The molecule has 1 aliphatic heterocycles. The van der Waals surface area contributed by atoms with Crippen LogP contribution in [0.2, 0.25) is 5.02 Å². The summed E-state index contributed by atoms with van der Waals surface area (Å²) in [5.74, 6) is 0.918. The summed E-state index contributed by atoms with van der Waals surface area (Å²) in [5, 5.41) is 0.748. The largest absolute Gasteiger partial charge is 0.490 e. The van der Waals surface area contributed by atoms with E-state index in [0.717, 1.165) is 36.2 Å². The Balaban J connectivity index is 1.89. The van der Waals surface area contributed by atoms with Crippen molar-refractivity contribution in [2.75, 3.05) is 18.1 Å². The van der Waals surface area contributed by atoms with E-state index in [0.29, 0.717) is 0 Å². The fourth-order valence-corrected chi connectivity index (χ4v) is 2.38. The molecule has 1 aliphatic rings. The maximum absolute atomic E-state index is 6.06. The van der Waals surface area contributed by atoms with Crippen molar-refractivity contribution in [1.29, 1.82) is 0 Å². The van der Waals surface area contributed by atoms with Crippen molar-refractivity contribution in [3.8, 4) is 5.75 Å². The van der Waals surface area contributed by atoms with Gasteiger partial charge in [0.15, 0.2) is 0 Å². The number of benzene rings is 2. The number of nitrogens with zero attached hydrogens (tertiary/aromatic N) is 1. The van der Waals surface area contributed by atoms with Gasteiger partial charge < -0.3 is 9.64 Å². The maximum Gasteiger partial charge on any atom is 0.142 e. The molecule has 0 amide bonds. The summed E-state index contributed by atoms with van der Waals surface area (Å²) in [4.78, 5) is 2.31. The Morgan fingerprint density at radius 3 is 2.78 bits per heavy atom. The van der Waals surface area contributed by atoms with E-state index in [1.807, 2.05) is 24.3 Å². The first-order chi connectivity index (χ1) is 8.83. The van der Waals surface area contributed by atoms with Crippen LogP contribution < -0.4 is 9.64 Å². The molecule has 92 valence electrons. The molecule has 0 bridgehead atoms. The van der Waals surface area contributed by atoms with Gasteiger partial charge in [0.05, 0.1) is 12.2 Å². The number of fused-ring (bicyclic) bond motifs is 1. The van der Waals surface area contributed by atoms with Crippen LogP contribution in [-0.2, 0) is 6.54 Å². The highest BCUT2D eigenvalue weighted by Gasteiger charge is 2.18. The van der Waals surface area contributed by atoms with Gasteiger partial charge in [-0.2, -0.15) is 0 Å². The SMILES string of the molecule is Clc1ccc2c(c1)N(Cc1ccccc1)CCO2. The Morgan fingerprint density at radius 1 is 1.11 bits per heavy atom. The van der Waals surface area contributed by atoms with E-state index >= 15 is 0 Å². The molecule has 0 saturated carbocycles. The standard InChI is InChI=1S/C15H14ClNO/c16-13-6-7-15-14(10-13)17(8-9-18-15)11-12-4-2-1-3-5-12/h1-7,10H,8-9,11H2. The van der Waals surface area contributed by atoms with E-state index in [1.165, 1.54) is 5.56 Å².